The molecule has 0 fully saturated rings. The summed E-state index contributed by atoms with van der Waals surface area (Å²) in [6.07, 6.45) is 1.90. The van der Waals surface area contributed by atoms with Crippen molar-refractivity contribution >= 4 is 12.2 Å². The summed E-state index contributed by atoms with van der Waals surface area (Å²) in [5, 5.41) is 0. The SMILES string of the molecule is CCCc1nc(=S)c(C)c(-c2ccc(OC)c(OC)c2)[nH]1. The average molecular weight is 304 g/mol. The fourth-order valence-corrected chi connectivity index (χ4v) is 2.43. The van der Waals surface area contributed by atoms with Gasteiger partial charge in [-0.2, -0.15) is 0 Å². The largest absolute Gasteiger partial charge is 0.493 e. The van der Waals surface area contributed by atoms with E-state index in [1.165, 1.54) is 0 Å². The van der Waals surface area contributed by atoms with Crippen molar-refractivity contribution in [3.63, 3.8) is 0 Å². The van der Waals surface area contributed by atoms with E-state index in [4.69, 9.17) is 21.7 Å². The van der Waals surface area contributed by atoms with Crippen LogP contribution in [0.4, 0.5) is 0 Å². The standard InChI is InChI=1S/C16H20N2O2S/c1-5-6-14-17-15(10(2)16(21)18-14)11-7-8-12(19-3)13(9-11)20-4/h7-9H,5-6H2,1-4H3,(H,17,18,21). The highest BCUT2D eigenvalue weighted by Gasteiger charge is 2.11. The summed E-state index contributed by atoms with van der Waals surface area (Å²) >= 11 is 5.37. The van der Waals surface area contributed by atoms with Crippen molar-refractivity contribution in [2.24, 2.45) is 0 Å². The molecule has 2 rings (SSSR count). The molecular weight excluding hydrogens is 284 g/mol. The van der Waals surface area contributed by atoms with Gasteiger partial charge in [0.1, 0.15) is 10.5 Å². The van der Waals surface area contributed by atoms with E-state index in [1.807, 2.05) is 25.1 Å². The van der Waals surface area contributed by atoms with Crippen molar-refractivity contribution in [1.29, 1.82) is 0 Å². The van der Waals surface area contributed by atoms with Crippen LogP contribution in [-0.2, 0) is 6.42 Å². The second-order valence-corrected chi connectivity index (χ2v) is 5.20. The Balaban J connectivity index is 2.58. The molecule has 1 aromatic heterocycles. The smallest absolute Gasteiger partial charge is 0.161 e. The Morgan fingerprint density at radius 2 is 1.90 bits per heavy atom. The van der Waals surface area contributed by atoms with Crippen molar-refractivity contribution in [2.75, 3.05) is 14.2 Å². The number of methoxy groups -OCH3 is 2. The Kier molecular flexibility index (Phi) is 4.96. The summed E-state index contributed by atoms with van der Waals surface area (Å²) in [6.45, 7) is 4.10. The number of hydrogen-bond donors (Lipinski definition) is 1. The number of ether oxygens (including phenoxy) is 2. The number of benzene rings is 1. The average Bonchev–Trinajstić information content (AvgIpc) is 2.50. The molecule has 4 nitrogen and oxygen atoms in total. The summed E-state index contributed by atoms with van der Waals surface area (Å²) < 4.78 is 11.3. The van der Waals surface area contributed by atoms with Crippen LogP contribution in [0.15, 0.2) is 18.2 Å². The predicted molar refractivity (Wildman–Crippen MR) is 86.7 cm³/mol. The maximum absolute atomic E-state index is 5.37. The van der Waals surface area contributed by atoms with Crippen molar-refractivity contribution in [1.82, 2.24) is 9.97 Å². The zero-order valence-electron chi connectivity index (χ0n) is 12.8. The van der Waals surface area contributed by atoms with Gasteiger partial charge in [-0.05, 0) is 31.5 Å². The van der Waals surface area contributed by atoms with Gasteiger partial charge in [0.2, 0.25) is 0 Å². The van der Waals surface area contributed by atoms with Crippen LogP contribution in [0.3, 0.4) is 0 Å². The normalized spacial score (nSPS) is 10.5. The lowest BCUT2D eigenvalue weighted by Gasteiger charge is -2.12. The summed E-state index contributed by atoms with van der Waals surface area (Å²) in [6, 6.07) is 5.83. The highest BCUT2D eigenvalue weighted by Crippen LogP contribution is 2.32. The lowest BCUT2D eigenvalue weighted by Crippen LogP contribution is -2.01. The first-order chi connectivity index (χ1) is 10.1. The number of rotatable bonds is 5. The van der Waals surface area contributed by atoms with Crippen molar-refractivity contribution < 1.29 is 9.47 Å². The first-order valence-electron chi connectivity index (χ1n) is 6.92. The second kappa shape index (κ2) is 6.72. The summed E-state index contributed by atoms with van der Waals surface area (Å²) in [5.41, 5.74) is 2.97. The summed E-state index contributed by atoms with van der Waals surface area (Å²) in [5.74, 6) is 2.32. The van der Waals surface area contributed by atoms with Crippen LogP contribution >= 0.6 is 12.2 Å². The van der Waals surface area contributed by atoms with Crippen LogP contribution in [0.25, 0.3) is 11.3 Å². The first-order valence-corrected chi connectivity index (χ1v) is 7.33. The summed E-state index contributed by atoms with van der Waals surface area (Å²) in [7, 11) is 3.26. The van der Waals surface area contributed by atoms with E-state index in [0.29, 0.717) is 16.1 Å². The molecule has 0 atom stereocenters. The molecule has 0 aliphatic rings. The molecule has 0 bridgehead atoms. The van der Waals surface area contributed by atoms with Crippen LogP contribution in [0, 0.1) is 11.6 Å². The van der Waals surface area contributed by atoms with E-state index < -0.39 is 0 Å². The zero-order valence-corrected chi connectivity index (χ0v) is 13.6. The number of aromatic nitrogens is 2. The first kappa shape index (κ1) is 15.5. The monoisotopic (exact) mass is 304 g/mol. The minimum atomic E-state index is 0.641. The molecule has 1 aromatic carbocycles. The molecule has 1 N–H and O–H groups in total. The van der Waals surface area contributed by atoms with Crippen molar-refractivity contribution in [3.8, 4) is 22.8 Å². The van der Waals surface area contributed by atoms with Crippen LogP contribution in [0.1, 0.15) is 24.7 Å². The number of nitrogens with zero attached hydrogens (tertiary/aromatic N) is 1. The second-order valence-electron chi connectivity index (χ2n) is 4.81. The Morgan fingerprint density at radius 1 is 1.19 bits per heavy atom. The van der Waals surface area contributed by atoms with Crippen LogP contribution in [0.5, 0.6) is 11.5 Å². The summed E-state index contributed by atoms with van der Waals surface area (Å²) in [4.78, 5) is 7.81. The molecule has 21 heavy (non-hydrogen) atoms. The molecule has 0 spiro atoms. The molecule has 1 heterocycles. The highest BCUT2D eigenvalue weighted by atomic mass is 32.1. The Morgan fingerprint density at radius 3 is 2.52 bits per heavy atom. The highest BCUT2D eigenvalue weighted by molar-refractivity contribution is 7.71. The van der Waals surface area contributed by atoms with Gasteiger partial charge in [-0.1, -0.05) is 19.1 Å². The van der Waals surface area contributed by atoms with Crippen LogP contribution in [0.2, 0.25) is 0 Å². The van der Waals surface area contributed by atoms with Gasteiger partial charge in [-0.25, -0.2) is 4.98 Å². The number of aryl methyl sites for hydroxylation is 1. The van der Waals surface area contributed by atoms with E-state index in [9.17, 15) is 0 Å². The molecule has 0 saturated carbocycles. The molecule has 0 amide bonds. The van der Waals surface area contributed by atoms with Crippen molar-refractivity contribution in [3.05, 3.63) is 34.2 Å². The third-order valence-electron chi connectivity index (χ3n) is 3.36. The van der Waals surface area contributed by atoms with E-state index in [0.717, 1.165) is 35.5 Å². The maximum Gasteiger partial charge on any atom is 0.161 e. The van der Waals surface area contributed by atoms with Crippen molar-refractivity contribution in [2.45, 2.75) is 26.7 Å². The molecule has 0 saturated heterocycles. The lowest BCUT2D eigenvalue weighted by atomic mass is 10.1. The predicted octanol–water partition coefficient (Wildman–Crippen LogP) is 4.08. The number of nitrogens with one attached hydrogen (secondary N) is 1. The zero-order chi connectivity index (χ0) is 15.4. The Bertz CT molecular complexity index is 695. The van der Waals surface area contributed by atoms with Gasteiger partial charge in [-0.3, -0.25) is 0 Å². The van der Waals surface area contributed by atoms with Gasteiger partial charge in [-0.15, -0.1) is 0 Å². The third kappa shape index (κ3) is 3.24. The molecule has 0 radical (unpaired) electrons. The Hall–Kier alpha value is -1.88. The molecular formula is C16H20N2O2S. The lowest BCUT2D eigenvalue weighted by molar-refractivity contribution is 0.355. The van der Waals surface area contributed by atoms with Gasteiger partial charge >= 0.3 is 0 Å². The van der Waals surface area contributed by atoms with Gasteiger partial charge < -0.3 is 14.5 Å². The number of hydrogen-bond acceptors (Lipinski definition) is 4. The van der Waals surface area contributed by atoms with E-state index in [-0.39, 0.29) is 0 Å². The van der Waals surface area contributed by atoms with Gasteiger partial charge in [0, 0.05) is 17.5 Å². The fraction of sp³-hybridized carbons (Fsp3) is 0.375. The van der Waals surface area contributed by atoms with Crippen LogP contribution in [-0.4, -0.2) is 24.2 Å². The third-order valence-corrected chi connectivity index (χ3v) is 3.76. The topological polar surface area (TPSA) is 47.1 Å². The van der Waals surface area contributed by atoms with Gasteiger partial charge in [0.05, 0.1) is 19.9 Å². The Labute approximate surface area is 130 Å². The fourth-order valence-electron chi connectivity index (χ4n) is 2.21. The number of H-pyrrole nitrogens is 1. The minimum Gasteiger partial charge on any atom is -0.493 e. The molecule has 2 aromatic rings. The van der Waals surface area contributed by atoms with Crippen LogP contribution < -0.4 is 9.47 Å². The quantitative estimate of drug-likeness (QED) is 0.845. The molecule has 0 aliphatic carbocycles. The van der Waals surface area contributed by atoms with Gasteiger partial charge in [0.15, 0.2) is 11.5 Å². The maximum atomic E-state index is 5.37. The molecule has 5 heteroatoms. The van der Waals surface area contributed by atoms with Gasteiger partial charge in [0.25, 0.3) is 0 Å². The van der Waals surface area contributed by atoms with E-state index in [2.05, 4.69) is 16.9 Å². The minimum absolute atomic E-state index is 0.641. The van der Waals surface area contributed by atoms with E-state index in [1.54, 1.807) is 14.2 Å². The van der Waals surface area contributed by atoms with E-state index >= 15 is 0 Å². The molecule has 0 unspecified atom stereocenters. The molecule has 0 aliphatic heterocycles. The number of aromatic amines is 1. The molecule has 112 valence electrons.